The molecule has 0 aliphatic carbocycles. The maximum Gasteiger partial charge on any atom is 0.0632 e. The van der Waals surface area contributed by atoms with E-state index in [1.807, 2.05) is 6.92 Å². The monoisotopic (exact) mass is 173 g/mol. The molecule has 0 heterocycles. The molecule has 2 heteroatoms. The molecule has 0 amide bonds. The van der Waals surface area contributed by atoms with Crippen LogP contribution in [-0.2, 0) is 0 Å². The number of hydrogen-bond acceptors (Lipinski definition) is 2. The summed E-state index contributed by atoms with van der Waals surface area (Å²) in [7, 11) is 0. The van der Waals surface area contributed by atoms with Gasteiger partial charge in [0.2, 0.25) is 0 Å². The summed E-state index contributed by atoms with van der Waals surface area (Å²) in [6.45, 7) is 8.99. The molecule has 0 radical (unpaired) electrons. The lowest BCUT2D eigenvalue weighted by Gasteiger charge is -2.27. The van der Waals surface area contributed by atoms with Crippen LogP contribution >= 0.6 is 0 Å². The van der Waals surface area contributed by atoms with Crippen LogP contribution in [0.3, 0.4) is 0 Å². The summed E-state index contributed by atoms with van der Waals surface area (Å²) in [4.78, 5) is 0. The fraction of sp³-hybridized carbons (Fsp3) is 1.00. The maximum atomic E-state index is 9.80. The van der Waals surface area contributed by atoms with Crippen LogP contribution in [0, 0.1) is 5.41 Å². The molecule has 0 aliphatic rings. The minimum Gasteiger partial charge on any atom is -0.390 e. The van der Waals surface area contributed by atoms with Crippen LogP contribution in [0.2, 0.25) is 0 Å². The predicted octanol–water partition coefficient (Wildman–Crippen LogP) is 1.91. The largest absolute Gasteiger partial charge is 0.390 e. The first-order chi connectivity index (χ1) is 5.27. The molecule has 0 aromatic carbocycles. The SMILES string of the molecule is CC(C)(C)CCC(C)(O)CCN. The third-order valence-electron chi connectivity index (χ3n) is 2.10. The summed E-state index contributed by atoms with van der Waals surface area (Å²) in [5.41, 5.74) is 5.13. The van der Waals surface area contributed by atoms with Gasteiger partial charge < -0.3 is 10.8 Å². The van der Waals surface area contributed by atoms with Gasteiger partial charge in [-0.2, -0.15) is 0 Å². The van der Waals surface area contributed by atoms with Crippen LogP contribution in [0.1, 0.15) is 47.0 Å². The summed E-state index contributed by atoms with van der Waals surface area (Å²) >= 11 is 0. The van der Waals surface area contributed by atoms with E-state index in [0.29, 0.717) is 18.4 Å². The maximum absolute atomic E-state index is 9.80. The number of rotatable bonds is 4. The van der Waals surface area contributed by atoms with Crippen molar-refractivity contribution >= 4 is 0 Å². The van der Waals surface area contributed by atoms with Gasteiger partial charge in [-0.25, -0.2) is 0 Å². The van der Waals surface area contributed by atoms with Gasteiger partial charge in [0.25, 0.3) is 0 Å². The highest BCUT2D eigenvalue weighted by Gasteiger charge is 2.22. The average molecular weight is 173 g/mol. The van der Waals surface area contributed by atoms with Crippen molar-refractivity contribution in [3.05, 3.63) is 0 Å². The molecule has 12 heavy (non-hydrogen) atoms. The second-order valence-corrected chi connectivity index (χ2v) is 5.10. The van der Waals surface area contributed by atoms with Crippen molar-refractivity contribution in [2.45, 2.75) is 52.6 Å². The quantitative estimate of drug-likeness (QED) is 0.682. The number of hydrogen-bond donors (Lipinski definition) is 2. The number of aliphatic hydroxyl groups is 1. The first kappa shape index (κ1) is 11.9. The zero-order valence-electron chi connectivity index (χ0n) is 8.85. The summed E-state index contributed by atoms with van der Waals surface area (Å²) in [6, 6.07) is 0. The lowest BCUT2D eigenvalue weighted by atomic mass is 9.84. The Labute approximate surface area is 76.2 Å². The normalized spacial score (nSPS) is 17.5. The fourth-order valence-corrected chi connectivity index (χ4v) is 1.08. The average Bonchev–Trinajstić information content (AvgIpc) is 1.83. The van der Waals surface area contributed by atoms with Crippen LogP contribution in [0.5, 0.6) is 0 Å². The van der Waals surface area contributed by atoms with Crippen LogP contribution < -0.4 is 5.73 Å². The Morgan fingerprint density at radius 3 is 1.83 bits per heavy atom. The molecule has 74 valence electrons. The smallest absolute Gasteiger partial charge is 0.0632 e. The molecule has 0 aromatic heterocycles. The molecule has 0 aromatic rings. The van der Waals surface area contributed by atoms with E-state index in [9.17, 15) is 5.11 Å². The van der Waals surface area contributed by atoms with Gasteiger partial charge in [0.15, 0.2) is 0 Å². The third-order valence-corrected chi connectivity index (χ3v) is 2.10. The highest BCUT2D eigenvalue weighted by Crippen LogP contribution is 2.26. The Balaban J connectivity index is 3.75. The molecule has 0 saturated carbocycles. The van der Waals surface area contributed by atoms with Crippen LogP contribution in [-0.4, -0.2) is 17.3 Å². The molecule has 0 aliphatic heterocycles. The highest BCUT2D eigenvalue weighted by atomic mass is 16.3. The Hall–Kier alpha value is -0.0800. The second kappa shape index (κ2) is 4.24. The minimum absolute atomic E-state index is 0.304. The van der Waals surface area contributed by atoms with Gasteiger partial charge >= 0.3 is 0 Å². The molecule has 3 N–H and O–H groups in total. The van der Waals surface area contributed by atoms with Gasteiger partial charge in [0.05, 0.1) is 5.60 Å². The van der Waals surface area contributed by atoms with Gasteiger partial charge in [-0.05, 0) is 38.1 Å². The molecule has 0 saturated heterocycles. The van der Waals surface area contributed by atoms with Crippen LogP contribution in [0.4, 0.5) is 0 Å². The van der Waals surface area contributed by atoms with E-state index in [2.05, 4.69) is 20.8 Å². The standard InChI is InChI=1S/C10H23NO/c1-9(2,3)5-6-10(4,12)7-8-11/h12H,5-8,11H2,1-4H3. The topological polar surface area (TPSA) is 46.2 Å². The summed E-state index contributed by atoms with van der Waals surface area (Å²) in [6.07, 6.45) is 2.58. The Kier molecular flexibility index (Phi) is 4.21. The molecule has 1 unspecified atom stereocenters. The van der Waals surface area contributed by atoms with Crippen molar-refractivity contribution in [2.24, 2.45) is 11.1 Å². The fourth-order valence-electron chi connectivity index (χ4n) is 1.08. The molecule has 0 spiro atoms. The molecule has 0 fully saturated rings. The summed E-state index contributed by atoms with van der Waals surface area (Å²) in [5.74, 6) is 0. The first-order valence-corrected chi connectivity index (χ1v) is 4.69. The van der Waals surface area contributed by atoms with Crippen molar-refractivity contribution in [1.29, 1.82) is 0 Å². The zero-order chi connectivity index (χ0) is 9.83. The van der Waals surface area contributed by atoms with E-state index in [1.54, 1.807) is 0 Å². The number of nitrogens with two attached hydrogens (primary N) is 1. The Bertz CT molecular complexity index is 124. The van der Waals surface area contributed by atoms with Crippen molar-refractivity contribution in [2.75, 3.05) is 6.54 Å². The van der Waals surface area contributed by atoms with Crippen molar-refractivity contribution in [3.8, 4) is 0 Å². The Morgan fingerprint density at radius 2 is 1.50 bits per heavy atom. The van der Waals surface area contributed by atoms with E-state index in [0.717, 1.165) is 12.8 Å². The van der Waals surface area contributed by atoms with E-state index in [1.165, 1.54) is 0 Å². The summed E-state index contributed by atoms with van der Waals surface area (Å²) < 4.78 is 0. The van der Waals surface area contributed by atoms with Crippen molar-refractivity contribution < 1.29 is 5.11 Å². The first-order valence-electron chi connectivity index (χ1n) is 4.69. The summed E-state index contributed by atoms with van der Waals surface area (Å²) in [5, 5.41) is 9.80. The van der Waals surface area contributed by atoms with Crippen molar-refractivity contribution in [3.63, 3.8) is 0 Å². The minimum atomic E-state index is -0.567. The van der Waals surface area contributed by atoms with E-state index in [-0.39, 0.29) is 0 Å². The Morgan fingerprint density at radius 1 is 1.00 bits per heavy atom. The molecule has 1 atom stereocenters. The van der Waals surface area contributed by atoms with Gasteiger partial charge in [-0.3, -0.25) is 0 Å². The lowest BCUT2D eigenvalue weighted by molar-refractivity contribution is 0.0333. The zero-order valence-corrected chi connectivity index (χ0v) is 8.85. The van der Waals surface area contributed by atoms with Crippen molar-refractivity contribution in [1.82, 2.24) is 0 Å². The van der Waals surface area contributed by atoms with Crippen LogP contribution in [0.15, 0.2) is 0 Å². The van der Waals surface area contributed by atoms with E-state index in [4.69, 9.17) is 5.73 Å². The molecule has 0 bridgehead atoms. The molecular weight excluding hydrogens is 150 g/mol. The van der Waals surface area contributed by atoms with E-state index < -0.39 is 5.60 Å². The molecular formula is C10H23NO. The second-order valence-electron chi connectivity index (χ2n) is 5.10. The van der Waals surface area contributed by atoms with Gasteiger partial charge in [-0.1, -0.05) is 20.8 Å². The predicted molar refractivity (Wildman–Crippen MR) is 53.0 cm³/mol. The molecule has 2 nitrogen and oxygen atoms in total. The van der Waals surface area contributed by atoms with Gasteiger partial charge in [0, 0.05) is 0 Å². The van der Waals surface area contributed by atoms with Crippen LogP contribution in [0.25, 0.3) is 0 Å². The van der Waals surface area contributed by atoms with E-state index >= 15 is 0 Å². The molecule has 0 rings (SSSR count). The van der Waals surface area contributed by atoms with Gasteiger partial charge in [-0.15, -0.1) is 0 Å². The third kappa shape index (κ3) is 6.62. The van der Waals surface area contributed by atoms with Gasteiger partial charge in [0.1, 0.15) is 0 Å². The highest BCUT2D eigenvalue weighted by molar-refractivity contribution is 4.75. The lowest BCUT2D eigenvalue weighted by Crippen LogP contribution is -2.29.